The second-order valence-electron chi connectivity index (χ2n) is 6.32. The molecule has 28 heavy (non-hydrogen) atoms. The fourth-order valence-electron chi connectivity index (χ4n) is 2.78. The molecule has 0 unspecified atom stereocenters. The lowest BCUT2D eigenvalue weighted by Gasteiger charge is -2.10. The second kappa shape index (κ2) is 7.32. The molecule has 0 aliphatic carbocycles. The molecule has 7 nitrogen and oxygen atoms in total. The van der Waals surface area contributed by atoms with Crippen molar-refractivity contribution >= 4 is 34.5 Å². The zero-order valence-electron chi connectivity index (χ0n) is 15.0. The Balaban J connectivity index is 1.60. The van der Waals surface area contributed by atoms with Gasteiger partial charge in [0.2, 0.25) is 0 Å². The first kappa shape index (κ1) is 17.4. The van der Waals surface area contributed by atoms with Crippen molar-refractivity contribution in [1.29, 1.82) is 0 Å². The summed E-state index contributed by atoms with van der Waals surface area (Å²) in [7, 11) is 0. The van der Waals surface area contributed by atoms with E-state index in [4.69, 9.17) is 5.11 Å². The minimum absolute atomic E-state index is 0.589. The van der Waals surface area contributed by atoms with Crippen LogP contribution in [0.2, 0.25) is 0 Å². The zero-order chi connectivity index (χ0) is 19.5. The van der Waals surface area contributed by atoms with E-state index in [0.29, 0.717) is 5.82 Å². The molecule has 3 N–H and O–H groups in total. The van der Waals surface area contributed by atoms with Crippen molar-refractivity contribution < 1.29 is 9.90 Å². The number of H-pyrrole nitrogens is 1. The van der Waals surface area contributed by atoms with Crippen LogP contribution in [-0.4, -0.2) is 31.2 Å². The first-order valence-corrected chi connectivity index (χ1v) is 8.64. The van der Waals surface area contributed by atoms with Crippen molar-refractivity contribution in [3.8, 4) is 11.4 Å². The first-order chi connectivity index (χ1) is 13.6. The van der Waals surface area contributed by atoms with Gasteiger partial charge in [0.15, 0.2) is 5.82 Å². The van der Waals surface area contributed by atoms with Gasteiger partial charge in [-0.2, -0.15) is 5.10 Å². The van der Waals surface area contributed by atoms with Gasteiger partial charge in [-0.1, -0.05) is 24.3 Å². The summed E-state index contributed by atoms with van der Waals surface area (Å²) >= 11 is 0. The smallest absolute Gasteiger partial charge is 0.328 e. The molecule has 0 bridgehead atoms. The summed E-state index contributed by atoms with van der Waals surface area (Å²) in [6.45, 7) is 1.95. The summed E-state index contributed by atoms with van der Waals surface area (Å²) in [6, 6.07) is 13.3. The van der Waals surface area contributed by atoms with Crippen molar-refractivity contribution in [2.75, 3.05) is 5.32 Å². The Hall–Kier alpha value is -4.00. The van der Waals surface area contributed by atoms with Gasteiger partial charge in [0.25, 0.3) is 0 Å². The largest absolute Gasteiger partial charge is 0.478 e. The van der Waals surface area contributed by atoms with Gasteiger partial charge in [-0.3, -0.25) is 5.10 Å². The summed E-state index contributed by atoms with van der Waals surface area (Å²) in [6.07, 6.45) is 6.20. The Labute approximate surface area is 160 Å². The molecule has 0 saturated heterocycles. The maximum atomic E-state index is 10.6. The van der Waals surface area contributed by atoms with Crippen LogP contribution in [0, 0.1) is 6.92 Å². The Morgan fingerprint density at radius 2 is 1.96 bits per heavy atom. The normalized spacial score (nSPS) is 11.2. The predicted octanol–water partition coefficient (Wildman–Crippen LogP) is 4.17. The molecule has 0 fully saturated rings. The number of fused-ring (bicyclic) bond motifs is 1. The highest BCUT2D eigenvalue weighted by Crippen LogP contribution is 2.24. The van der Waals surface area contributed by atoms with Gasteiger partial charge >= 0.3 is 5.97 Å². The van der Waals surface area contributed by atoms with Gasteiger partial charge in [-0.05, 0) is 36.8 Å². The van der Waals surface area contributed by atoms with Crippen LogP contribution in [0.1, 0.15) is 11.1 Å². The fourth-order valence-corrected chi connectivity index (χ4v) is 2.78. The van der Waals surface area contributed by atoms with E-state index in [1.54, 1.807) is 18.5 Å². The molecule has 0 radical (unpaired) electrons. The molecule has 2 aromatic heterocycles. The van der Waals surface area contributed by atoms with Crippen molar-refractivity contribution in [2.24, 2.45) is 0 Å². The molecule has 2 aromatic carbocycles. The van der Waals surface area contributed by atoms with E-state index >= 15 is 0 Å². The van der Waals surface area contributed by atoms with Gasteiger partial charge in [0.05, 0.1) is 11.7 Å². The number of nitrogens with one attached hydrogen (secondary N) is 2. The van der Waals surface area contributed by atoms with E-state index in [2.05, 4.69) is 25.5 Å². The maximum absolute atomic E-state index is 10.6. The molecule has 4 aromatic rings. The van der Waals surface area contributed by atoms with Crippen LogP contribution in [0.5, 0.6) is 0 Å². The van der Waals surface area contributed by atoms with E-state index < -0.39 is 5.97 Å². The van der Waals surface area contributed by atoms with Crippen molar-refractivity contribution in [3.05, 3.63) is 72.1 Å². The number of benzene rings is 2. The minimum Gasteiger partial charge on any atom is -0.478 e. The second-order valence-corrected chi connectivity index (χ2v) is 6.32. The number of hydrogen-bond donors (Lipinski definition) is 3. The van der Waals surface area contributed by atoms with Crippen molar-refractivity contribution in [3.63, 3.8) is 0 Å². The average molecular weight is 371 g/mol. The summed E-state index contributed by atoms with van der Waals surface area (Å²) in [5, 5.41) is 20.0. The van der Waals surface area contributed by atoms with E-state index in [1.807, 2.05) is 49.4 Å². The number of aliphatic carboxylic acids is 1. The molecule has 4 rings (SSSR count). The standard InChI is InChI=1S/C21H17N5O2/c1-13-11-22-21(15-5-2-14(3-6-15)4-9-19(27)28)25-20(13)24-17-7-8-18-16(10-17)12-23-26-18/h2-12H,1H3,(H,23,26)(H,27,28)(H,22,24,25). The molecule has 138 valence electrons. The fraction of sp³-hybridized carbons (Fsp3) is 0.0476. The molecule has 2 heterocycles. The first-order valence-electron chi connectivity index (χ1n) is 8.64. The van der Waals surface area contributed by atoms with Crippen molar-refractivity contribution in [2.45, 2.75) is 6.92 Å². The van der Waals surface area contributed by atoms with Gasteiger partial charge in [-0.15, -0.1) is 0 Å². The lowest BCUT2D eigenvalue weighted by Crippen LogP contribution is -2.00. The van der Waals surface area contributed by atoms with Crippen molar-refractivity contribution in [1.82, 2.24) is 20.2 Å². The molecule has 0 aliphatic rings. The molecule has 0 aliphatic heterocycles. The van der Waals surface area contributed by atoms with E-state index in [9.17, 15) is 4.79 Å². The number of aromatic nitrogens is 4. The minimum atomic E-state index is -0.977. The van der Waals surface area contributed by atoms with Gasteiger partial charge < -0.3 is 10.4 Å². The van der Waals surface area contributed by atoms with E-state index in [0.717, 1.165) is 45.2 Å². The number of carboxylic acids is 1. The number of aromatic amines is 1. The number of carboxylic acid groups (broad SMARTS) is 1. The Kier molecular flexibility index (Phi) is 4.55. The van der Waals surface area contributed by atoms with Crippen LogP contribution < -0.4 is 5.32 Å². The molecule has 0 spiro atoms. The van der Waals surface area contributed by atoms with Crippen LogP contribution >= 0.6 is 0 Å². The number of anilines is 2. The molecule has 0 amide bonds. The van der Waals surface area contributed by atoms with Gasteiger partial charge in [0.1, 0.15) is 5.82 Å². The van der Waals surface area contributed by atoms with Crippen LogP contribution in [0.3, 0.4) is 0 Å². The molecular weight excluding hydrogens is 354 g/mol. The quantitative estimate of drug-likeness (QED) is 0.455. The SMILES string of the molecule is Cc1cnc(-c2ccc(C=CC(=O)O)cc2)nc1Nc1ccc2[nH]ncc2c1. The zero-order valence-corrected chi connectivity index (χ0v) is 15.0. The number of nitrogens with zero attached hydrogens (tertiary/aromatic N) is 3. The lowest BCUT2D eigenvalue weighted by molar-refractivity contribution is -0.131. The third-order valence-electron chi connectivity index (χ3n) is 4.26. The number of rotatable bonds is 5. The van der Waals surface area contributed by atoms with Gasteiger partial charge in [-0.25, -0.2) is 14.8 Å². The van der Waals surface area contributed by atoms with Crippen LogP contribution in [-0.2, 0) is 4.79 Å². The number of hydrogen-bond acceptors (Lipinski definition) is 5. The highest BCUT2D eigenvalue weighted by molar-refractivity contribution is 5.85. The topological polar surface area (TPSA) is 104 Å². The monoisotopic (exact) mass is 371 g/mol. The van der Waals surface area contributed by atoms with Crippen LogP contribution in [0.15, 0.2) is 60.9 Å². The lowest BCUT2D eigenvalue weighted by atomic mass is 10.1. The maximum Gasteiger partial charge on any atom is 0.328 e. The molecule has 7 heteroatoms. The van der Waals surface area contributed by atoms with Crippen LogP contribution in [0.25, 0.3) is 28.4 Å². The summed E-state index contributed by atoms with van der Waals surface area (Å²) in [4.78, 5) is 19.7. The van der Waals surface area contributed by atoms with E-state index in [1.165, 1.54) is 0 Å². The van der Waals surface area contributed by atoms with Crippen LogP contribution in [0.4, 0.5) is 11.5 Å². The number of carbonyl (C=O) groups is 1. The molecule has 0 saturated carbocycles. The third-order valence-corrected chi connectivity index (χ3v) is 4.26. The highest BCUT2D eigenvalue weighted by Gasteiger charge is 2.07. The third kappa shape index (κ3) is 3.73. The summed E-state index contributed by atoms with van der Waals surface area (Å²) in [5.41, 5.74) is 4.46. The summed E-state index contributed by atoms with van der Waals surface area (Å²) < 4.78 is 0. The Bertz CT molecular complexity index is 1180. The Morgan fingerprint density at radius 3 is 2.75 bits per heavy atom. The highest BCUT2D eigenvalue weighted by atomic mass is 16.4. The average Bonchev–Trinajstić information content (AvgIpc) is 3.16. The summed E-state index contributed by atoms with van der Waals surface area (Å²) in [5.74, 6) is 0.337. The number of aryl methyl sites for hydroxylation is 1. The molecule has 0 atom stereocenters. The van der Waals surface area contributed by atoms with Gasteiger partial charge in [0, 0.05) is 34.5 Å². The Morgan fingerprint density at radius 1 is 1.14 bits per heavy atom. The molecular formula is C21H17N5O2. The van der Waals surface area contributed by atoms with E-state index in [-0.39, 0.29) is 0 Å². The predicted molar refractivity (Wildman–Crippen MR) is 108 cm³/mol.